The molecule has 3 rings (SSSR count). The Morgan fingerprint density at radius 2 is 1.94 bits per heavy atom. The van der Waals surface area contributed by atoms with E-state index in [4.69, 9.17) is 10.5 Å². The molecule has 2 aromatic rings. The molecule has 1 aromatic carbocycles. The van der Waals surface area contributed by atoms with E-state index in [1.165, 1.54) is 12.1 Å². The van der Waals surface area contributed by atoms with Crippen LogP contribution in [-0.4, -0.2) is 53.6 Å². The van der Waals surface area contributed by atoms with Gasteiger partial charge in [0.15, 0.2) is 0 Å². The van der Waals surface area contributed by atoms with Gasteiger partial charge in [-0.25, -0.2) is 14.4 Å². The minimum atomic E-state index is -0.391. The third-order valence-corrected chi connectivity index (χ3v) is 5.48. The van der Waals surface area contributed by atoms with Crippen LogP contribution in [0.5, 0.6) is 0 Å². The number of hydrogen-bond donors (Lipinski definition) is 3. The summed E-state index contributed by atoms with van der Waals surface area (Å²) < 4.78 is 19.4. The molecule has 2 atom stereocenters. The monoisotopic (exact) mass is 530 g/mol. The Bertz CT molecular complexity index is 1020. The van der Waals surface area contributed by atoms with Gasteiger partial charge in [0.1, 0.15) is 24.1 Å². The molecule has 1 aromatic heterocycles. The zero-order valence-electron chi connectivity index (χ0n) is 20.8. The fourth-order valence-corrected chi connectivity index (χ4v) is 3.80. The standard InChI is InChI=1S/C24H35FN6O2.2ClH/c1-5-33-13-20(26)28-18-8-6-7-9-19(18)30-21-16-12-15(25)10-11-17(16)29-22(31-21)23(32)27-14-24(2,3)4;;/h10-12,18-19H,5-9,13-14H2,1-4H3,(H2,26,28)(H,27,32)(H,29,30,31);2*1H/t18-,19+;;/m1../s1. The molecule has 35 heavy (non-hydrogen) atoms. The highest BCUT2D eigenvalue weighted by molar-refractivity contribution is 5.96. The van der Waals surface area contributed by atoms with Crippen LogP contribution in [0.15, 0.2) is 23.2 Å². The van der Waals surface area contributed by atoms with E-state index < -0.39 is 5.82 Å². The van der Waals surface area contributed by atoms with Crippen LogP contribution in [0.25, 0.3) is 10.9 Å². The molecule has 0 aliphatic heterocycles. The lowest BCUT2D eigenvalue weighted by Crippen LogP contribution is -2.38. The van der Waals surface area contributed by atoms with Gasteiger partial charge < -0.3 is 21.1 Å². The van der Waals surface area contributed by atoms with Crippen molar-refractivity contribution in [1.82, 2.24) is 15.3 Å². The highest BCUT2D eigenvalue weighted by Gasteiger charge is 2.27. The summed E-state index contributed by atoms with van der Waals surface area (Å²) in [6.07, 6.45) is 3.82. The molecule has 1 aliphatic carbocycles. The van der Waals surface area contributed by atoms with Gasteiger partial charge in [0.05, 0.1) is 11.6 Å². The van der Waals surface area contributed by atoms with Gasteiger partial charge >= 0.3 is 0 Å². The minimum Gasteiger partial charge on any atom is -0.386 e. The maximum Gasteiger partial charge on any atom is 0.289 e. The molecule has 1 amide bonds. The van der Waals surface area contributed by atoms with Gasteiger partial charge in [-0.1, -0.05) is 33.6 Å². The number of aromatic nitrogens is 2. The molecule has 1 saturated carbocycles. The van der Waals surface area contributed by atoms with Crippen molar-refractivity contribution in [2.75, 3.05) is 25.1 Å². The summed E-state index contributed by atoms with van der Waals surface area (Å²) in [5.74, 6) is 0.177. The van der Waals surface area contributed by atoms with Crippen molar-refractivity contribution in [1.29, 1.82) is 0 Å². The minimum absolute atomic E-state index is 0. The summed E-state index contributed by atoms with van der Waals surface area (Å²) in [6, 6.07) is 4.17. The number of nitrogens with two attached hydrogens (primary N) is 1. The number of aliphatic imine (C=N–C) groups is 1. The molecule has 0 radical (unpaired) electrons. The number of carbonyl (C=O) groups is 1. The summed E-state index contributed by atoms with van der Waals surface area (Å²) in [4.78, 5) is 26.3. The number of carbonyl (C=O) groups excluding carboxylic acids is 1. The number of ether oxygens (including phenoxy) is 1. The van der Waals surface area contributed by atoms with E-state index in [2.05, 4.69) is 25.6 Å². The lowest BCUT2D eigenvalue weighted by Gasteiger charge is -2.30. The van der Waals surface area contributed by atoms with Crippen LogP contribution < -0.4 is 16.4 Å². The molecule has 8 nitrogen and oxygen atoms in total. The smallest absolute Gasteiger partial charge is 0.289 e. The van der Waals surface area contributed by atoms with Crippen LogP contribution in [0.1, 0.15) is 64.0 Å². The zero-order chi connectivity index (χ0) is 24.0. The number of fused-ring (bicyclic) bond motifs is 1. The van der Waals surface area contributed by atoms with Crippen LogP contribution in [0, 0.1) is 11.2 Å². The van der Waals surface area contributed by atoms with E-state index in [0.29, 0.717) is 42.3 Å². The Morgan fingerprint density at radius 1 is 1.23 bits per heavy atom. The van der Waals surface area contributed by atoms with Crippen molar-refractivity contribution in [2.24, 2.45) is 16.1 Å². The summed E-state index contributed by atoms with van der Waals surface area (Å²) in [5, 5.41) is 6.84. The molecule has 196 valence electrons. The number of rotatable bonds is 8. The van der Waals surface area contributed by atoms with Crippen molar-refractivity contribution in [3.05, 3.63) is 29.8 Å². The zero-order valence-corrected chi connectivity index (χ0v) is 22.4. The van der Waals surface area contributed by atoms with Crippen LogP contribution >= 0.6 is 24.8 Å². The maximum absolute atomic E-state index is 14.1. The van der Waals surface area contributed by atoms with Crippen molar-refractivity contribution in [3.8, 4) is 0 Å². The van der Waals surface area contributed by atoms with E-state index in [9.17, 15) is 9.18 Å². The van der Waals surface area contributed by atoms with Crippen LogP contribution in [0.2, 0.25) is 0 Å². The molecule has 1 fully saturated rings. The fraction of sp³-hybridized carbons (Fsp3) is 0.583. The van der Waals surface area contributed by atoms with Crippen molar-refractivity contribution < 1.29 is 13.9 Å². The Kier molecular flexibility index (Phi) is 12.1. The number of benzene rings is 1. The number of amides is 1. The number of nitrogens with one attached hydrogen (secondary N) is 2. The molecule has 1 heterocycles. The molecule has 0 unspecified atom stereocenters. The van der Waals surface area contributed by atoms with E-state index in [1.807, 2.05) is 27.7 Å². The molecule has 11 heteroatoms. The van der Waals surface area contributed by atoms with E-state index in [1.54, 1.807) is 6.07 Å². The predicted octanol–water partition coefficient (Wildman–Crippen LogP) is 4.51. The van der Waals surface area contributed by atoms with Gasteiger partial charge in [0, 0.05) is 24.6 Å². The molecule has 4 N–H and O–H groups in total. The highest BCUT2D eigenvalue weighted by atomic mass is 35.5. The number of nitrogens with zero attached hydrogens (tertiary/aromatic N) is 3. The molecular weight excluding hydrogens is 494 g/mol. The second kappa shape index (κ2) is 13.8. The fourth-order valence-electron chi connectivity index (χ4n) is 3.80. The van der Waals surface area contributed by atoms with Crippen LogP contribution in [0.3, 0.4) is 0 Å². The first-order valence-corrected chi connectivity index (χ1v) is 11.6. The van der Waals surface area contributed by atoms with E-state index in [0.717, 1.165) is 25.7 Å². The first-order valence-electron chi connectivity index (χ1n) is 11.6. The summed E-state index contributed by atoms with van der Waals surface area (Å²) in [7, 11) is 0. The highest BCUT2D eigenvalue weighted by Crippen LogP contribution is 2.28. The molecule has 1 aliphatic rings. The van der Waals surface area contributed by atoms with Gasteiger partial charge in [0.2, 0.25) is 5.82 Å². The Hall–Kier alpha value is -2.23. The summed E-state index contributed by atoms with van der Waals surface area (Å²) in [6.45, 7) is 9.35. The first kappa shape index (κ1) is 30.8. The third-order valence-electron chi connectivity index (χ3n) is 5.48. The average Bonchev–Trinajstić information content (AvgIpc) is 2.77. The Morgan fingerprint density at radius 3 is 2.63 bits per heavy atom. The second-order valence-corrected chi connectivity index (χ2v) is 9.66. The van der Waals surface area contributed by atoms with Gasteiger partial charge in [0.25, 0.3) is 5.91 Å². The molecule has 0 spiro atoms. The average molecular weight is 532 g/mol. The van der Waals surface area contributed by atoms with E-state index >= 15 is 0 Å². The summed E-state index contributed by atoms with van der Waals surface area (Å²) >= 11 is 0. The first-order chi connectivity index (χ1) is 15.7. The maximum atomic E-state index is 14.1. The van der Waals surface area contributed by atoms with Gasteiger partial charge in [-0.3, -0.25) is 9.79 Å². The Labute approximate surface area is 218 Å². The lowest BCUT2D eigenvalue weighted by atomic mass is 9.90. The quantitative estimate of drug-likeness (QED) is 0.341. The van der Waals surface area contributed by atoms with Crippen molar-refractivity contribution >= 4 is 53.3 Å². The van der Waals surface area contributed by atoms with Crippen LogP contribution in [0.4, 0.5) is 10.2 Å². The third kappa shape index (κ3) is 9.05. The summed E-state index contributed by atoms with van der Waals surface area (Å²) in [5.41, 5.74) is 6.48. The number of amidine groups is 1. The van der Waals surface area contributed by atoms with Crippen molar-refractivity contribution in [3.63, 3.8) is 0 Å². The normalized spacial score (nSPS) is 18.4. The van der Waals surface area contributed by atoms with Gasteiger partial charge in [-0.15, -0.1) is 24.8 Å². The van der Waals surface area contributed by atoms with Gasteiger partial charge in [-0.2, -0.15) is 0 Å². The topological polar surface area (TPSA) is 115 Å². The lowest BCUT2D eigenvalue weighted by molar-refractivity contribution is 0.0929. The number of halogens is 3. The second-order valence-electron chi connectivity index (χ2n) is 9.66. The molecule has 0 saturated heterocycles. The predicted molar refractivity (Wildman–Crippen MR) is 144 cm³/mol. The van der Waals surface area contributed by atoms with Crippen LogP contribution in [-0.2, 0) is 4.74 Å². The molecular formula is C24H37Cl2FN6O2. The number of hydrogen-bond acceptors (Lipinski definition) is 6. The van der Waals surface area contributed by atoms with Crippen molar-refractivity contribution in [2.45, 2.75) is 65.5 Å². The van der Waals surface area contributed by atoms with E-state index in [-0.39, 0.29) is 54.0 Å². The number of anilines is 1. The van der Waals surface area contributed by atoms with Gasteiger partial charge in [-0.05, 0) is 43.4 Å². The largest absolute Gasteiger partial charge is 0.386 e. The molecule has 0 bridgehead atoms. The Balaban J connectivity index is 0.00000306. The SMILES string of the molecule is CCOCC(N)=N[C@@H]1CCCC[C@@H]1Nc1nc(C(=O)NCC(C)(C)C)nc2ccc(F)cc12.Cl.Cl.